The van der Waals surface area contributed by atoms with Gasteiger partial charge in [-0.15, -0.1) is 0 Å². The number of fused-ring (bicyclic) bond motifs is 2. The van der Waals surface area contributed by atoms with Crippen LogP contribution in [0, 0.1) is 0 Å². The molecule has 3 heteroatoms. The first-order chi connectivity index (χ1) is 13.9. The normalized spacial score (nSPS) is 21.7. The van der Waals surface area contributed by atoms with Gasteiger partial charge in [0.25, 0.3) is 0 Å². The van der Waals surface area contributed by atoms with E-state index in [2.05, 4.69) is 70.2 Å². The number of hydrogen-bond acceptors (Lipinski definition) is 2. The van der Waals surface area contributed by atoms with Crippen LogP contribution >= 0.6 is 0 Å². The second-order valence-corrected chi connectivity index (χ2v) is 9.81. The zero-order chi connectivity index (χ0) is 20.0. The van der Waals surface area contributed by atoms with Crippen molar-refractivity contribution in [1.82, 2.24) is 0 Å². The predicted octanol–water partition coefficient (Wildman–Crippen LogP) is 4.45. The van der Waals surface area contributed by atoms with Crippen LogP contribution in [0.25, 0.3) is 33.1 Å². The lowest BCUT2D eigenvalue weighted by Crippen LogP contribution is -2.41. The van der Waals surface area contributed by atoms with Crippen LogP contribution in [0.4, 0.5) is 0 Å². The van der Waals surface area contributed by atoms with Crippen molar-refractivity contribution in [3.8, 4) is 0 Å². The molecular formula is C26H27BO2. The van der Waals surface area contributed by atoms with Gasteiger partial charge in [0.15, 0.2) is 0 Å². The molecule has 1 saturated heterocycles. The summed E-state index contributed by atoms with van der Waals surface area (Å²) in [4.78, 5) is 0. The second-order valence-electron chi connectivity index (χ2n) is 9.81. The molecule has 3 aromatic rings. The van der Waals surface area contributed by atoms with Gasteiger partial charge in [-0.2, -0.15) is 0 Å². The maximum Gasteiger partial charge on any atom is 0.491 e. The Kier molecular flexibility index (Phi) is 3.51. The Balaban J connectivity index is 1.71. The average molecular weight is 382 g/mol. The number of rotatable bonds is 1. The highest BCUT2D eigenvalue weighted by Crippen LogP contribution is 2.41. The Morgan fingerprint density at radius 2 is 1.41 bits per heavy atom. The van der Waals surface area contributed by atoms with E-state index in [0.29, 0.717) is 0 Å². The molecule has 0 saturated carbocycles. The van der Waals surface area contributed by atoms with Gasteiger partial charge in [0, 0.05) is 0 Å². The van der Waals surface area contributed by atoms with E-state index in [1.807, 2.05) is 0 Å². The molecule has 0 bridgehead atoms. The monoisotopic (exact) mass is 382 g/mol. The van der Waals surface area contributed by atoms with E-state index in [1.54, 1.807) is 11.1 Å². The summed E-state index contributed by atoms with van der Waals surface area (Å²) in [5.74, 6) is 0. The molecule has 1 fully saturated rings. The minimum Gasteiger partial charge on any atom is -0.400 e. The summed E-state index contributed by atoms with van der Waals surface area (Å²) in [6, 6.07) is 13.6. The fourth-order valence-electron chi connectivity index (χ4n) is 5.52. The highest BCUT2D eigenvalue weighted by atomic mass is 16.7. The topological polar surface area (TPSA) is 18.5 Å². The van der Waals surface area contributed by atoms with Crippen molar-refractivity contribution in [3.05, 3.63) is 58.0 Å². The molecule has 3 aromatic carbocycles. The first kappa shape index (κ1) is 17.7. The van der Waals surface area contributed by atoms with Gasteiger partial charge in [0.1, 0.15) is 0 Å². The van der Waals surface area contributed by atoms with Crippen molar-refractivity contribution in [2.24, 2.45) is 0 Å². The quantitative estimate of drug-likeness (QED) is 0.457. The van der Waals surface area contributed by atoms with Gasteiger partial charge in [-0.1, -0.05) is 42.5 Å². The molecule has 0 amide bonds. The van der Waals surface area contributed by atoms with Crippen LogP contribution in [0.15, 0.2) is 36.4 Å². The summed E-state index contributed by atoms with van der Waals surface area (Å²) < 4.78 is 12.9. The zero-order valence-corrected chi connectivity index (χ0v) is 17.8. The van der Waals surface area contributed by atoms with Crippen molar-refractivity contribution in [2.75, 3.05) is 0 Å². The number of hydrogen-bond donors (Lipinski definition) is 0. The minimum absolute atomic E-state index is 0.259. The Morgan fingerprint density at radius 3 is 2.17 bits per heavy atom. The summed E-state index contributed by atoms with van der Waals surface area (Å²) in [5, 5.41) is 8.43. The molecular weight excluding hydrogens is 355 g/mol. The number of aryl methyl sites for hydroxylation is 2. The van der Waals surface area contributed by atoms with Crippen LogP contribution < -0.4 is 10.4 Å². The molecule has 2 nitrogen and oxygen atoms in total. The summed E-state index contributed by atoms with van der Waals surface area (Å²) >= 11 is 0. The SMILES string of the molecule is CC1(C)OB(C2=c3cccc4c3c(c3c5c(cccc54)=CCC3)CC2)OC1(C)C. The molecule has 0 aromatic heterocycles. The lowest BCUT2D eigenvalue weighted by atomic mass is 9.69. The van der Waals surface area contributed by atoms with Gasteiger partial charge in [0.05, 0.1) is 11.2 Å². The van der Waals surface area contributed by atoms with E-state index < -0.39 is 0 Å². The Morgan fingerprint density at radius 1 is 0.759 bits per heavy atom. The van der Waals surface area contributed by atoms with Gasteiger partial charge < -0.3 is 9.31 Å². The molecule has 0 spiro atoms. The average Bonchev–Trinajstić information content (AvgIpc) is 2.92. The van der Waals surface area contributed by atoms with Gasteiger partial charge in [-0.05, 0) is 102 Å². The minimum atomic E-state index is -0.307. The zero-order valence-electron chi connectivity index (χ0n) is 17.8. The summed E-state index contributed by atoms with van der Waals surface area (Å²) in [6.45, 7) is 8.56. The van der Waals surface area contributed by atoms with E-state index in [4.69, 9.17) is 9.31 Å². The van der Waals surface area contributed by atoms with Crippen LogP contribution in [0.2, 0.25) is 0 Å². The predicted molar refractivity (Wildman–Crippen MR) is 121 cm³/mol. The van der Waals surface area contributed by atoms with Crippen molar-refractivity contribution in [1.29, 1.82) is 0 Å². The van der Waals surface area contributed by atoms with Crippen molar-refractivity contribution in [2.45, 2.75) is 64.6 Å². The molecule has 0 N–H and O–H groups in total. The first-order valence-corrected chi connectivity index (χ1v) is 10.9. The molecule has 6 rings (SSSR count). The second kappa shape index (κ2) is 5.74. The van der Waals surface area contributed by atoms with E-state index >= 15 is 0 Å². The smallest absolute Gasteiger partial charge is 0.400 e. The molecule has 0 radical (unpaired) electrons. The van der Waals surface area contributed by atoms with Crippen LogP contribution in [-0.4, -0.2) is 18.3 Å². The highest BCUT2D eigenvalue weighted by Gasteiger charge is 2.52. The van der Waals surface area contributed by atoms with E-state index in [9.17, 15) is 0 Å². The lowest BCUT2D eigenvalue weighted by Gasteiger charge is -2.32. The maximum absolute atomic E-state index is 6.46. The van der Waals surface area contributed by atoms with Crippen LogP contribution in [0.1, 0.15) is 51.7 Å². The molecule has 1 aliphatic heterocycles. The molecule has 1 heterocycles. The van der Waals surface area contributed by atoms with E-state index in [-0.39, 0.29) is 18.3 Å². The Hall–Kier alpha value is -2.10. The molecule has 0 atom stereocenters. The largest absolute Gasteiger partial charge is 0.491 e. The van der Waals surface area contributed by atoms with E-state index in [1.165, 1.54) is 37.5 Å². The fourth-order valence-corrected chi connectivity index (χ4v) is 5.52. The first-order valence-electron chi connectivity index (χ1n) is 10.9. The summed E-state index contributed by atoms with van der Waals surface area (Å²) in [5.41, 5.74) is 3.83. The third-order valence-electron chi connectivity index (χ3n) is 7.71. The standard InChI is InChI=1S/C26H27BO2/c1-25(2)26(3,4)29-27(28-25)22-15-14-20-18-11-6-9-16-8-5-10-17(23(16)18)19-12-7-13-21(22)24(19)20/h5,7-10,12-13H,6,11,14-15H2,1-4H3. The molecule has 29 heavy (non-hydrogen) atoms. The Bertz CT molecular complexity index is 1300. The van der Waals surface area contributed by atoms with Gasteiger partial charge >= 0.3 is 7.12 Å². The lowest BCUT2D eigenvalue weighted by molar-refractivity contribution is 0.00578. The fraction of sp³-hybridized carbons (Fsp3) is 0.385. The van der Waals surface area contributed by atoms with Crippen LogP contribution in [-0.2, 0) is 22.2 Å². The van der Waals surface area contributed by atoms with Crippen molar-refractivity contribution < 1.29 is 9.31 Å². The van der Waals surface area contributed by atoms with Gasteiger partial charge in [0.2, 0.25) is 0 Å². The summed E-state index contributed by atoms with van der Waals surface area (Å²) in [7, 11) is -0.259. The van der Waals surface area contributed by atoms with Gasteiger partial charge in [-0.3, -0.25) is 0 Å². The van der Waals surface area contributed by atoms with E-state index in [0.717, 1.165) is 25.7 Å². The van der Waals surface area contributed by atoms with Crippen LogP contribution in [0.3, 0.4) is 0 Å². The number of benzene rings is 3. The molecule has 0 unspecified atom stereocenters. The van der Waals surface area contributed by atoms with Crippen molar-refractivity contribution in [3.63, 3.8) is 0 Å². The third kappa shape index (κ3) is 2.32. The molecule has 146 valence electrons. The molecule has 3 aliphatic rings. The third-order valence-corrected chi connectivity index (χ3v) is 7.71. The highest BCUT2D eigenvalue weighted by molar-refractivity contribution is 6.66. The van der Waals surface area contributed by atoms with Crippen molar-refractivity contribution >= 4 is 40.2 Å². The maximum atomic E-state index is 6.46. The van der Waals surface area contributed by atoms with Crippen LogP contribution in [0.5, 0.6) is 0 Å². The Labute approximate surface area is 172 Å². The molecule has 2 aliphatic carbocycles. The van der Waals surface area contributed by atoms with Gasteiger partial charge in [-0.25, -0.2) is 0 Å². The summed E-state index contributed by atoms with van der Waals surface area (Å²) in [6.07, 6.45) is 6.78.